The molecular formula is C14H14N4O3. The van der Waals surface area contributed by atoms with Crippen molar-refractivity contribution in [3.05, 3.63) is 48.3 Å². The maximum atomic E-state index is 11.7. The highest BCUT2D eigenvalue weighted by Crippen LogP contribution is 2.12. The average molecular weight is 286 g/mol. The van der Waals surface area contributed by atoms with Gasteiger partial charge < -0.3 is 15.7 Å². The van der Waals surface area contributed by atoms with Crippen LogP contribution in [0.15, 0.2) is 42.7 Å². The number of aryl methyl sites for hydroxylation is 1. The number of amides is 2. The van der Waals surface area contributed by atoms with E-state index in [2.05, 4.69) is 15.7 Å². The second-order valence-corrected chi connectivity index (χ2v) is 4.28. The summed E-state index contributed by atoms with van der Waals surface area (Å²) < 4.78 is 1.58. The molecule has 0 aliphatic heterocycles. The zero-order valence-electron chi connectivity index (χ0n) is 11.3. The molecule has 0 aliphatic rings. The van der Waals surface area contributed by atoms with Gasteiger partial charge in [-0.3, -0.25) is 4.68 Å². The van der Waals surface area contributed by atoms with E-state index in [9.17, 15) is 9.59 Å². The van der Waals surface area contributed by atoms with E-state index in [1.165, 1.54) is 6.08 Å². The van der Waals surface area contributed by atoms with Crippen molar-refractivity contribution in [3.63, 3.8) is 0 Å². The third kappa shape index (κ3) is 4.50. The standard InChI is InChI=1S/C14H14N4O3/c1-18-9-12(8-15-18)17-14(21)16-11-5-2-10(3-6-11)4-7-13(19)20/h2-9H,1H3,(H,19,20)(H2,16,17,21)/b7-4+. The van der Waals surface area contributed by atoms with Gasteiger partial charge >= 0.3 is 12.0 Å². The number of carbonyl (C=O) groups is 2. The van der Waals surface area contributed by atoms with Crippen LogP contribution in [0.5, 0.6) is 0 Å². The summed E-state index contributed by atoms with van der Waals surface area (Å²) in [5, 5.41) is 17.8. The molecule has 3 N–H and O–H groups in total. The van der Waals surface area contributed by atoms with Gasteiger partial charge in [0, 0.05) is 25.0 Å². The third-order valence-corrected chi connectivity index (χ3v) is 2.55. The lowest BCUT2D eigenvalue weighted by Crippen LogP contribution is -2.19. The first-order valence-electron chi connectivity index (χ1n) is 6.10. The van der Waals surface area contributed by atoms with Crippen LogP contribution in [0.3, 0.4) is 0 Å². The minimum atomic E-state index is -1.01. The SMILES string of the molecule is Cn1cc(NC(=O)Nc2ccc(/C=C/C(=O)O)cc2)cn1. The van der Waals surface area contributed by atoms with E-state index in [-0.39, 0.29) is 6.03 Å². The second-order valence-electron chi connectivity index (χ2n) is 4.28. The summed E-state index contributed by atoms with van der Waals surface area (Å²) in [4.78, 5) is 22.1. The zero-order valence-corrected chi connectivity index (χ0v) is 11.3. The van der Waals surface area contributed by atoms with Crippen LogP contribution in [0.4, 0.5) is 16.2 Å². The minimum absolute atomic E-state index is 0.378. The summed E-state index contributed by atoms with van der Waals surface area (Å²) in [7, 11) is 1.76. The van der Waals surface area contributed by atoms with Crippen LogP contribution in [0.1, 0.15) is 5.56 Å². The molecule has 0 bridgehead atoms. The molecule has 21 heavy (non-hydrogen) atoms. The Morgan fingerprint density at radius 3 is 2.43 bits per heavy atom. The van der Waals surface area contributed by atoms with Gasteiger partial charge in [0.15, 0.2) is 0 Å². The summed E-state index contributed by atoms with van der Waals surface area (Å²) >= 11 is 0. The Morgan fingerprint density at radius 1 is 1.19 bits per heavy atom. The van der Waals surface area contributed by atoms with Gasteiger partial charge in [0.2, 0.25) is 0 Å². The first kappa shape index (κ1) is 14.3. The highest BCUT2D eigenvalue weighted by Gasteiger charge is 2.03. The van der Waals surface area contributed by atoms with E-state index in [1.807, 2.05) is 0 Å². The van der Waals surface area contributed by atoms with E-state index in [4.69, 9.17) is 5.11 Å². The number of benzene rings is 1. The van der Waals surface area contributed by atoms with Crippen LogP contribution in [0, 0.1) is 0 Å². The molecule has 7 nitrogen and oxygen atoms in total. The van der Waals surface area contributed by atoms with Crippen molar-refractivity contribution in [2.45, 2.75) is 0 Å². The lowest BCUT2D eigenvalue weighted by molar-refractivity contribution is -0.131. The Bertz CT molecular complexity index is 674. The second kappa shape index (κ2) is 6.38. The lowest BCUT2D eigenvalue weighted by Gasteiger charge is -2.06. The van der Waals surface area contributed by atoms with Crippen LogP contribution in [-0.2, 0) is 11.8 Å². The number of aliphatic carboxylic acids is 1. The minimum Gasteiger partial charge on any atom is -0.478 e. The molecule has 2 rings (SSSR count). The van der Waals surface area contributed by atoms with Crippen molar-refractivity contribution in [3.8, 4) is 0 Å². The number of carboxylic acid groups (broad SMARTS) is 1. The number of rotatable bonds is 4. The molecule has 0 saturated carbocycles. The van der Waals surface area contributed by atoms with Gasteiger partial charge in [-0.05, 0) is 23.8 Å². The van der Waals surface area contributed by atoms with Crippen LogP contribution >= 0.6 is 0 Å². The van der Waals surface area contributed by atoms with Crippen molar-refractivity contribution in [2.24, 2.45) is 7.05 Å². The largest absolute Gasteiger partial charge is 0.478 e. The quantitative estimate of drug-likeness (QED) is 0.750. The normalized spacial score (nSPS) is 10.5. The number of hydrogen-bond acceptors (Lipinski definition) is 3. The molecule has 0 atom stereocenters. The summed E-state index contributed by atoms with van der Waals surface area (Å²) in [5.41, 5.74) is 1.93. The van der Waals surface area contributed by atoms with Gasteiger partial charge in [0.1, 0.15) is 0 Å². The molecule has 1 heterocycles. The first-order valence-corrected chi connectivity index (χ1v) is 6.10. The van der Waals surface area contributed by atoms with Gasteiger partial charge in [-0.25, -0.2) is 9.59 Å². The van der Waals surface area contributed by atoms with E-state index < -0.39 is 5.97 Å². The number of aromatic nitrogens is 2. The van der Waals surface area contributed by atoms with Crippen LogP contribution in [-0.4, -0.2) is 26.9 Å². The van der Waals surface area contributed by atoms with Crippen LogP contribution in [0.25, 0.3) is 6.08 Å². The van der Waals surface area contributed by atoms with Crippen molar-refractivity contribution in [2.75, 3.05) is 10.6 Å². The average Bonchev–Trinajstić information content (AvgIpc) is 2.83. The van der Waals surface area contributed by atoms with Crippen molar-refractivity contribution in [1.82, 2.24) is 9.78 Å². The van der Waals surface area contributed by atoms with Crippen LogP contribution < -0.4 is 10.6 Å². The Hall–Kier alpha value is -3.09. The van der Waals surface area contributed by atoms with E-state index in [0.717, 1.165) is 11.6 Å². The highest BCUT2D eigenvalue weighted by molar-refractivity contribution is 5.99. The molecule has 0 aliphatic carbocycles. The molecule has 0 spiro atoms. The molecule has 2 aromatic rings. The predicted molar refractivity (Wildman–Crippen MR) is 79.0 cm³/mol. The predicted octanol–water partition coefficient (Wildman–Crippen LogP) is 2.16. The molecule has 2 amide bonds. The molecule has 108 valence electrons. The monoisotopic (exact) mass is 286 g/mol. The maximum absolute atomic E-state index is 11.7. The Balaban J connectivity index is 1.93. The fourth-order valence-corrected chi connectivity index (χ4v) is 1.62. The van der Waals surface area contributed by atoms with E-state index in [1.54, 1.807) is 48.4 Å². The van der Waals surface area contributed by atoms with Crippen molar-refractivity contribution in [1.29, 1.82) is 0 Å². The van der Waals surface area contributed by atoms with Gasteiger partial charge in [0.25, 0.3) is 0 Å². The molecule has 1 aromatic carbocycles. The molecule has 7 heteroatoms. The fraction of sp³-hybridized carbons (Fsp3) is 0.0714. The zero-order chi connectivity index (χ0) is 15.2. The van der Waals surface area contributed by atoms with Gasteiger partial charge in [0.05, 0.1) is 11.9 Å². The Morgan fingerprint density at radius 2 is 1.86 bits per heavy atom. The number of carboxylic acids is 1. The number of carbonyl (C=O) groups excluding carboxylic acids is 1. The van der Waals surface area contributed by atoms with Gasteiger partial charge in [-0.15, -0.1) is 0 Å². The fourth-order valence-electron chi connectivity index (χ4n) is 1.62. The topological polar surface area (TPSA) is 96.2 Å². The molecule has 0 radical (unpaired) electrons. The molecular weight excluding hydrogens is 272 g/mol. The first-order chi connectivity index (χ1) is 10.0. The summed E-state index contributed by atoms with van der Waals surface area (Å²) in [6.45, 7) is 0. The molecule has 0 unspecified atom stereocenters. The van der Waals surface area contributed by atoms with Crippen LogP contribution in [0.2, 0.25) is 0 Å². The maximum Gasteiger partial charge on any atom is 0.328 e. The molecule has 0 fully saturated rings. The lowest BCUT2D eigenvalue weighted by atomic mass is 10.2. The summed E-state index contributed by atoms with van der Waals surface area (Å²) in [6.07, 6.45) is 5.75. The Kier molecular flexibility index (Phi) is 4.35. The van der Waals surface area contributed by atoms with Crippen molar-refractivity contribution >= 4 is 29.5 Å². The highest BCUT2D eigenvalue weighted by atomic mass is 16.4. The number of hydrogen-bond donors (Lipinski definition) is 3. The smallest absolute Gasteiger partial charge is 0.328 e. The summed E-state index contributed by atoms with van der Waals surface area (Å²) in [6, 6.07) is 6.41. The number of anilines is 2. The molecule has 1 aromatic heterocycles. The van der Waals surface area contributed by atoms with Gasteiger partial charge in [-0.1, -0.05) is 12.1 Å². The van der Waals surface area contributed by atoms with E-state index >= 15 is 0 Å². The number of nitrogens with zero attached hydrogens (tertiary/aromatic N) is 2. The number of urea groups is 1. The third-order valence-electron chi connectivity index (χ3n) is 2.55. The van der Waals surface area contributed by atoms with Gasteiger partial charge in [-0.2, -0.15) is 5.10 Å². The Labute approximate surface area is 120 Å². The van der Waals surface area contributed by atoms with E-state index in [0.29, 0.717) is 11.4 Å². The number of nitrogens with one attached hydrogen (secondary N) is 2. The summed E-state index contributed by atoms with van der Waals surface area (Å²) in [5.74, 6) is -1.01. The molecule has 0 saturated heterocycles. The van der Waals surface area contributed by atoms with Crippen molar-refractivity contribution < 1.29 is 14.7 Å².